The zero-order valence-electron chi connectivity index (χ0n) is 21.1. The van der Waals surface area contributed by atoms with Gasteiger partial charge in [0.05, 0.1) is 19.8 Å². The molecule has 0 aliphatic heterocycles. The minimum absolute atomic E-state index is 0.185. The summed E-state index contributed by atoms with van der Waals surface area (Å²) in [5.74, 6) is 0.469. The predicted molar refractivity (Wildman–Crippen MR) is 135 cm³/mol. The van der Waals surface area contributed by atoms with E-state index in [1.54, 1.807) is 31.1 Å². The van der Waals surface area contributed by atoms with Gasteiger partial charge in [0.15, 0.2) is 6.10 Å². The van der Waals surface area contributed by atoms with Crippen molar-refractivity contribution in [3.63, 3.8) is 0 Å². The normalized spacial score (nSPS) is 11.5. The Morgan fingerprint density at radius 1 is 0.861 bits per heavy atom. The van der Waals surface area contributed by atoms with E-state index >= 15 is 0 Å². The summed E-state index contributed by atoms with van der Waals surface area (Å²) in [6.45, 7) is 4.34. The number of carboxylic acid groups (broad SMARTS) is 1. The molecule has 2 aromatic rings. The van der Waals surface area contributed by atoms with Gasteiger partial charge in [-0.1, -0.05) is 30.3 Å². The van der Waals surface area contributed by atoms with Gasteiger partial charge in [-0.15, -0.1) is 0 Å². The van der Waals surface area contributed by atoms with Crippen molar-refractivity contribution in [2.45, 2.75) is 32.3 Å². The van der Waals surface area contributed by atoms with Crippen LogP contribution in [0, 0.1) is 0 Å². The summed E-state index contributed by atoms with van der Waals surface area (Å²) >= 11 is 0. The van der Waals surface area contributed by atoms with Gasteiger partial charge in [0, 0.05) is 26.7 Å². The number of rotatable bonds is 18. The summed E-state index contributed by atoms with van der Waals surface area (Å²) in [5.41, 5.74) is 0.837. The van der Waals surface area contributed by atoms with Crippen molar-refractivity contribution >= 4 is 12.1 Å². The second kappa shape index (κ2) is 17.2. The number of ether oxygens (including phenoxy) is 5. The maximum Gasteiger partial charge on any atom is 0.409 e. The number of nitrogens with zero attached hydrogens (tertiary/aromatic N) is 1. The van der Waals surface area contributed by atoms with Crippen molar-refractivity contribution in [2.75, 3.05) is 53.2 Å². The Labute approximate surface area is 212 Å². The van der Waals surface area contributed by atoms with Crippen LogP contribution in [0.4, 0.5) is 4.79 Å². The van der Waals surface area contributed by atoms with E-state index in [2.05, 4.69) is 0 Å². The first kappa shape index (κ1) is 28.9. The molecule has 0 saturated carbocycles. The zero-order valence-corrected chi connectivity index (χ0v) is 21.1. The van der Waals surface area contributed by atoms with Crippen LogP contribution in [0.3, 0.4) is 0 Å². The second-order valence-corrected chi connectivity index (χ2v) is 7.94. The number of methoxy groups -OCH3 is 1. The molecule has 1 amide bonds. The van der Waals surface area contributed by atoms with E-state index < -0.39 is 18.2 Å². The molecule has 2 aromatic carbocycles. The summed E-state index contributed by atoms with van der Waals surface area (Å²) < 4.78 is 27.0. The van der Waals surface area contributed by atoms with Crippen LogP contribution < -0.4 is 9.47 Å². The Balaban J connectivity index is 1.79. The van der Waals surface area contributed by atoms with Crippen molar-refractivity contribution in [2.24, 2.45) is 0 Å². The molecule has 1 atom stereocenters. The number of carboxylic acids is 1. The number of carbonyl (C=O) groups excluding carboxylic acids is 1. The van der Waals surface area contributed by atoms with Gasteiger partial charge in [-0.25, -0.2) is 9.59 Å². The van der Waals surface area contributed by atoms with Gasteiger partial charge < -0.3 is 33.7 Å². The molecule has 0 bridgehead atoms. The number of amides is 1. The minimum atomic E-state index is -0.985. The molecule has 9 nitrogen and oxygen atoms in total. The zero-order chi connectivity index (χ0) is 26.0. The van der Waals surface area contributed by atoms with Crippen molar-refractivity contribution in [3.05, 3.63) is 60.2 Å². The predicted octanol–water partition coefficient (Wildman–Crippen LogP) is 4.04. The highest BCUT2D eigenvalue weighted by Gasteiger charge is 2.18. The fourth-order valence-corrected chi connectivity index (χ4v) is 3.34. The highest BCUT2D eigenvalue weighted by Crippen LogP contribution is 2.15. The van der Waals surface area contributed by atoms with Crippen molar-refractivity contribution in [1.82, 2.24) is 4.90 Å². The first-order valence-electron chi connectivity index (χ1n) is 12.2. The molecular formula is C27H37NO8. The van der Waals surface area contributed by atoms with Gasteiger partial charge in [-0.05, 0) is 49.6 Å². The Kier molecular flexibility index (Phi) is 13.8. The van der Waals surface area contributed by atoms with Gasteiger partial charge in [0.25, 0.3) is 0 Å². The molecule has 1 N–H and O–H groups in total. The van der Waals surface area contributed by atoms with Crippen LogP contribution in [0.5, 0.6) is 11.5 Å². The topological polar surface area (TPSA) is 104 Å². The van der Waals surface area contributed by atoms with E-state index in [4.69, 9.17) is 23.7 Å². The fraction of sp³-hybridized carbons (Fsp3) is 0.481. The third-order valence-electron chi connectivity index (χ3n) is 5.22. The van der Waals surface area contributed by atoms with E-state index in [1.807, 2.05) is 42.5 Å². The molecule has 0 heterocycles. The molecular weight excluding hydrogens is 466 g/mol. The molecule has 36 heavy (non-hydrogen) atoms. The van der Waals surface area contributed by atoms with E-state index in [9.17, 15) is 14.7 Å². The number of carbonyl (C=O) groups is 2. The first-order chi connectivity index (χ1) is 17.5. The summed E-state index contributed by atoms with van der Waals surface area (Å²) in [6, 6.07) is 16.8. The van der Waals surface area contributed by atoms with Gasteiger partial charge in [-0.3, -0.25) is 0 Å². The molecule has 9 heteroatoms. The smallest absolute Gasteiger partial charge is 0.409 e. The summed E-state index contributed by atoms with van der Waals surface area (Å²) in [4.78, 5) is 25.4. The molecule has 0 aliphatic carbocycles. The van der Waals surface area contributed by atoms with Crippen molar-refractivity contribution in [1.29, 1.82) is 0 Å². The van der Waals surface area contributed by atoms with Gasteiger partial charge >= 0.3 is 12.1 Å². The van der Waals surface area contributed by atoms with Crippen LogP contribution in [0.25, 0.3) is 0 Å². The number of hydrogen-bond donors (Lipinski definition) is 1. The lowest BCUT2D eigenvalue weighted by molar-refractivity contribution is -0.149. The van der Waals surface area contributed by atoms with Crippen molar-refractivity contribution in [3.8, 4) is 11.5 Å². The van der Waals surface area contributed by atoms with Crippen LogP contribution in [-0.2, 0) is 25.4 Å². The number of benzene rings is 2. The van der Waals surface area contributed by atoms with Gasteiger partial charge in [-0.2, -0.15) is 0 Å². The highest BCUT2D eigenvalue weighted by atomic mass is 16.6. The standard InChI is InChI=1S/C27H37NO8/c1-3-33-25(26(29)30)21-22-11-13-24(14-12-22)35-18-16-28(27(31)36-20-19-32-2)15-7-8-17-34-23-9-5-4-6-10-23/h4-6,9-14,25H,3,7-8,15-21H2,1-2H3,(H,29,30). The molecule has 1 unspecified atom stereocenters. The van der Waals surface area contributed by atoms with Crippen LogP contribution in [0.2, 0.25) is 0 Å². The Morgan fingerprint density at radius 2 is 1.56 bits per heavy atom. The van der Waals surface area contributed by atoms with Crippen molar-refractivity contribution < 1.29 is 38.4 Å². The largest absolute Gasteiger partial charge is 0.494 e. The lowest BCUT2D eigenvalue weighted by Gasteiger charge is -2.22. The second-order valence-electron chi connectivity index (χ2n) is 7.94. The molecule has 0 fully saturated rings. The molecule has 0 radical (unpaired) electrons. The minimum Gasteiger partial charge on any atom is -0.494 e. The van der Waals surface area contributed by atoms with E-state index in [1.165, 1.54) is 0 Å². The molecule has 0 aliphatic rings. The van der Waals surface area contributed by atoms with E-state index in [-0.39, 0.29) is 19.6 Å². The number of aliphatic carboxylic acids is 1. The average molecular weight is 504 g/mol. The molecule has 2 rings (SSSR count). The van der Waals surface area contributed by atoms with Crippen LogP contribution in [0.15, 0.2) is 54.6 Å². The molecule has 0 aromatic heterocycles. The first-order valence-corrected chi connectivity index (χ1v) is 12.2. The number of hydrogen-bond acceptors (Lipinski definition) is 7. The average Bonchev–Trinajstić information content (AvgIpc) is 2.88. The van der Waals surface area contributed by atoms with Gasteiger partial charge in [0.2, 0.25) is 0 Å². The van der Waals surface area contributed by atoms with Crippen LogP contribution >= 0.6 is 0 Å². The summed E-state index contributed by atoms with van der Waals surface area (Å²) in [6.07, 6.45) is 0.533. The van der Waals surface area contributed by atoms with Crippen LogP contribution in [-0.4, -0.2) is 81.4 Å². The maximum atomic E-state index is 12.5. The van der Waals surface area contributed by atoms with E-state index in [0.717, 1.165) is 24.2 Å². The third kappa shape index (κ3) is 11.4. The fourth-order valence-electron chi connectivity index (χ4n) is 3.34. The summed E-state index contributed by atoms with van der Waals surface area (Å²) in [5, 5.41) is 9.24. The SMILES string of the molecule is CCOC(Cc1ccc(OCCN(CCCCOc2ccccc2)C(=O)OCCOC)cc1)C(=O)O. The molecule has 198 valence electrons. The Hall–Kier alpha value is -3.30. The summed E-state index contributed by atoms with van der Waals surface area (Å²) in [7, 11) is 1.55. The molecule has 0 saturated heterocycles. The monoisotopic (exact) mass is 503 g/mol. The highest BCUT2D eigenvalue weighted by molar-refractivity contribution is 5.72. The lowest BCUT2D eigenvalue weighted by atomic mass is 10.1. The van der Waals surface area contributed by atoms with Gasteiger partial charge in [0.1, 0.15) is 24.7 Å². The molecule has 0 spiro atoms. The third-order valence-corrected chi connectivity index (χ3v) is 5.22. The Morgan fingerprint density at radius 3 is 2.22 bits per heavy atom. The maximum absolute atomic E-state index is 12.5. The number of unbranched alkanes of at least 4 members (excludes halogenated alkanes) is 1. The van der Waals surface area contributed by atoms with Crippen LogP contribution in [0.1, 0.15) is 25.3 Å². The quantitative estimate of drug-likeness (QED) is 0.304. The lowest BCUT2D eigenvalue weighted by Crippen LogP contribution is -2.36. The number of para-hydroxylation sites is 1. The van der Waals surface area contributed by atoms with E-state index in [0.29, 0.717) is 38.7 Å². The Bertz CT molecular complexity index is 875.